The minimum absolute atomic E-state index is 0.0135. The zero-order valence-electron chi connectivity index (χ0n) is 17.3. The van der Waals surface area contributed by atoms with Gasteiger partial charge in [0, 0.05) is 5.56 Å². The van der Waals surface area contributed by atoms with E-state index in [9.17, 15) is 14.4 Å². The van der Waals surface area contributed by atoms with Crippen molar-refractivity contribution in [3.05, 3.63) is 77.0 Å². The minimum Gasteiger partial charge on any atom is -0.496 e. The molecule has 1 unspecified atom stereocenters. The van der Waals surface area contributed by atoms with Crippen molar-refractivity contribution in [3.8, 4) is 5.75 Å². The molecule has 0 saturated carbocycles. The normalized spacial score (nSPS) is 15.5. The Kier molecular flexibility index (Phi) is 7.26. The van der Waals surface area contributed by atoms with Gasteiger partial charge in [0.15, 0.2) is 0 Å². The van der Waals surface area contributed by atoms with Crippen LogP contribution in [0.25, 0.3) is 0 Å². The molecule has 162 valence electrons. The van der Waals surface area contributed by atoms with Gasteiger partial charge in [-0.15, -0.1) is 0 Å². The number of ether oxygens (including phenoxy) is 3. The third-order valence-corrected chi connectivity index (χ3v) is 4.69. The summed E-state index contributed by atoms with van der Waals surface area (Å²) in [6.45, 7) is 1.58. The number of amides is 2. The highest BCUT2D eigenvalue weighted by Crippen LogP contribution is 2.28. The molecule has 0 bridgehead atoms. The zero-order valence-corrected chi connectivity index (χ0v) is 17.3. The molecule has 8 nitrogen and oxygen atoms in total. The van der Waals surface area contributed by atoms with Crippen LogP contribution in [0.5, 0.6) is 5.75 Å². The second-order valence-corrected chi connectivity index (χ2v) is 6.70. The summed E-state index contributed by atoms with van der Waals surface area (Å²) in [5.41, 5.74) is 1.76. The number of hydrogen-bond donors (Lipinski definition) is 2. The third kappa shape index (κ3) is 5.42. The summed E-state index contributed by atoms with van der Waals surface area (Å²) in [6, 6.07) is 14.9. The molecule has 8 heteroatoms. The minimum atomic E-state index is -0.725. The molecule has 3 rings (SSSR count). The van der Waals surface area contributed by atoms with Gasteiger partial charge in [-0.25, -0.2) is 9.59 Å². The number of urea groups is 1. The van der Waals surface area contributed by atoms with Crippen LogP contribution >= 0.6 is 0 Å². The predicted molar refractivity (Wildman–Crippen MR) is 112 cm³/mol. The Morgan fingerprint density at radius 2 is 1.71 bits per heavy atom. The molecule has 0 saturated heterocycles. The van der Waals surface area contributed by atoms with E-state index in [1.54, 1.807) is 55.5 Å². The number of nitrogens with one attached hydrogen (secondary N) is 2. The number of hydrogen-bond acceptors (Lipinski definition) is 6. The smallest absolute Gasteiger partial charge is 0.338 e. The summed E-state index contributed by atoms with van der Waals surface area (Å²) < 4.78 is 15.8. The molecule has 1 atom stereocenters. The monoisotopic (exact) mass is 424 g/mol. The molecule has 1 aliphatic rings. The Bertz CT molecular complexity index is 987. The third-order valence-electron chi connectivity index (χ3n) is 4.69. The largest absolute Gasteiger partial charge is 0.496 e. The summed E-state index contributed by atoms with van der Waals surface area (Å²) in [6.07, 6.45) is -0.0135. The number of methoxy groups -OCH3 is 1. The molecule has 2 aromatic rings. The van der Waals surface area contributed by atoms with Gasteiger partial charge in [0.05, 0.1) is 37.4 Å². The average Bonchev–Trinajstić information content (AvgIpc) is 2.78. The van der Waals surface area contributed by atoms with Crippen LogP contribution in [0.1, 0.15) is 24.1 Å². The summed E-state index contributed by atoms with van der Waals surface area (Å²) in [7, 11) is 1.52. The number of carbonyl (C=O) groups excluding carboxylic acids is 3. The Morgan fingerprint density at radius 3 is 2.42 bits per heavy atom. The molecular weight excluding hydrogens is 400 g/mol. The molecular formula is C23H24N2O6. The SMILES string of the molecule is CCOC(=O)C1=C(COC(=O)Cc2ccccc2OC)NC(=O)NC1c1ccccc1. The number of para-hydroxylation sites is 1. The van der Waals surface area contributed by atoms with Crippen LogP contribution in [-0.2, 0) is 25.5 Å². The predicted octanol–water partition coefficient (Wildman–Crippen LogP) is 2.65. The van der Waals surface area contributed by atoms with Crippen LogP contribution < -0.4 is 15.4 Å². The van der Waals surface area contributed by atoms with Crippen molar-refractivity contribution in [2.75, 3.05) is 20.3 Å². The van der Waals surface area contributed by atoms with E-state index in [-0.39, 0.29) is 30.9 Å². The standard InChI is InChI=1S/C23H24N2O6/c1-3-30-22(27)20-17(24-23(28)25-21(20)15-9-5-4-6-10-15)14-31-19(26)13-16-11-7-8-12-18(16)29-2/h4-12,21H,3,13-14H2,1-2H3,(H2,24,25,28). The first-order valence-corrected chi connectivity index (χ1v) is 9.83. The summed E-state index contributed by atoms with van der Waals surface area (Å²) in [5.74, 6) is -0.547. The highest BCUT2D eigenvalue weighted by Gasteiger charge is 2.34. The highest BCUT2D eigenvalue weighted by molar-refractivity contribution is 5.95. The van der Waals surface area contributed by atoms with E-state index in [0.717, 1.165) is 0 Å². The van der Waals surface area contributed by atoms with Crippen molar-refractivity contribution in [3.63, 3.8) is 0 Å². The number of esters is 2. The van der Waals surface area contributed by atoms with Crippen LogP contribution in [0, 0.1) is 0 Å². The number of rotatable bonds is 8. The molecule has 0 fully saturated rings. The molecule has 1 aliphatic heterocycles. The lowest BCUT2D eigenvalue weighted by Crippen LogP contribution is -2.47. The van der Waals surface area contributed by atoms with Gasteiger partial charge in [-0.1, -0.05) is 48.5 Å². The van der Waals surface area contributed by atoms with Gasteiger partial charge in [0.25, 0.3) is 0 Å². The summed E-state index contributed by atoms with van der Waals surface area (Å²) >= 11 is 0. The Balaban J connectivity index is 1.83. The number of carbonyl (C=O) groups is 3. The molecule has 2 N–H and O–H groups in total. The zero-order chi connectivity index (χ0) is 22.2. The number of benzene rings is 2. The van der Waals surface area contributed by atoms with Crippen LogP contribution in [0.3, 0.4) is 0 Å². The maximum atomic E-state index is 12.7. The molecule has 2 amide bonds. The molecule has 0 radical (unpaired) electrons. The van der Waals surface area contributed by atoms with Crippen molar-refractivity contribution < 1.29 is 28.6 Å². The fourth-order valence-electron chi connectivity index (χ4n) is 3.29. The van der Waals surface area contributed by atoms with Gasteiger partial charge in [0.2, 0.25) is 0 Å². The molecule has 0 aliphatic carbocycles. The van der Waals surface area contributed by atoms with E-state index in [2.05, 4.69) is 10.6 Å². The molecule has 1 heterocycles. The van der Waals surface area contributed by atoms with Gasteiger partial charge >= 0.3 is 18.0 Å². The van der Waals surface area contributed by atoms with Gasteiger partial charge in [-0.3, -0.25) is 4.79 Å². The molecule has 31 heavy (non-hydrogen) atoms. The molecule has 0 aromatic heterocycles. The van der Waals surface area contributed by atoms with E-state index >= 15 is 0 Å². The Labute approximate surface area is 180 Å². The van der Waals surface area contributed by atoms with Crippen LogP contribution in [-0.4, -0.2) is 38.3 Å². The van der Waals surface area contributed by atoms with Crippen LogP contribution in [0.2, 0.25) is 0 Å². The first kappa shape index (κ1) is 21.9. The van der Waals surface area contributed by atoms with Crippen LogP contribution in [0.4, 0.5) is 4.79 Å². The van der Waals surface area contributed by atoms with Crippen molar-refractivity contribution in [2.45, 2.75) is 19.4 Å². The summed E-state index contributed by atoms with van der Waals surface area (Å²) in [4.78, 5) is 37.3. The lowest BCUT2D eigenvalue weighted by atomic mass is 9.95. The van der Waals surface area contributed by atoms with Crippen molar-refractivity contribution >= 4 is 18.0 Å². The Morgan fingerprint density at radius 1 is 1.00 bits per heavy atom. The van der Waals surface area contributed by atoms with Gasteiger partial charge in [-0.2, -0.15) is 0 Å². The van der Waals surface area contributed by atoms with E-state index in [1.807, 2.05) is 6.07 Å². The summed E-state index contributed by atoms with van der Waals surface area (Å²) in [5, 5.41) is 5.30. The maximum Gasteiger partial charge on any atom is 0.338 e. The second-order valence-electron chi connectivity index (χ2n) is 6.70. The molecule has 2 aromatic carbocycles. The quantitative estimate of drug-likeness (QED) is 0.632. The molecule has 0 spiro atoms. The van der Waals surface area contributed by atoms with E-state index in [1.165, 1.54) is 7.11 Å². The fourth-order valence-corrected chi connectivity index (χ4v) is 3.29. The van der Waals surface area contributed by atoms with E-state index < -0.39 is 24.0 Å². The first-order chi connectivity index (χ1) is 15.0. The fraction of sp³-hybridized carbons (Fsp3) is 0.261. The first-order valence-electron chi connectivity index (χ1n) is 9.83. The van der Waals surface area contributed by atoms with Gasteiger partial charge in [0.1, 0.15) is 12.4 Å². The van der Waals surface area contributed by atoms with Gasteiger partial charge in [-0.05, 0) is 18.6 Å². The Hall–Kier alpha value is -3.81. The van der Waals surface area contributed by atoms with Crippen molar-refractivity contribution in [1.29, 1.82) is 0 Å². The second kappa shape index (κ2) is 10.3. The van der Waals surface area contributed by atoms with Gasteiger partial charge < -0.3 is 24.8 Å². The van der Waals surface area contributed by atoms with Crippen molar-refractivity contribution in [2.24, 2.45) is 0 Å². The lowest BCUT2D eigenvalue weighted by molar-refractivity contribution is -0.143. The van der Waals surface area contributed by atoms with Crippen LogP contribution in [0.15, 0.2) is 65.9 Å². The van der Waals surface area contributed by atoms with E-state index in [0.29, 0.717) is 16.9 Å². The van der Waals surface area contributed by atoms with Crippen molar-refractivity contribution in [1.82, 2.24) is 10.6 Å². The topological polar surface area (TPSA) is 103 Å². The maximum absolute atomic E-state index is 12.7. The van der Waals surface area contributed by atoms with E-state index in [4.69, 9.17) is 14.2 Å². The highest BCUT2D eigenvalue weighted by atomic mass is 16.5. The lowest BCUT2D eigenvalue weighted by Gasteiger charge is -2.29. The average molecular weight is 424 g/mol.